The van der Waals surface area contributed by atoms with E-state index in [1.807, 2.05) is 12.1 Å². The highest BCUT2D eigenvalue weighted by molar-refractivity contribution is 6.03. The van der Waals surface area contributed by atoms with Crippen LogP contribution in [0, 0.1) is 0 Å². The Hall–Kier alpha value is -4.06. The average Bonchev–Trinajstić information content (AvgIpc) is 2.71. The molecule has 0 fully saturated rings. The Morgan fingerprint density at radius 2 is 0.821 bits per heavy atom. The first-order valence-corrected chi connectivity index (χ1v) is 8.19. The first-order chi connectivity index (χ1) is 13.5. The smallest absolute Gasteiger partial charge is 0.338 e. The van der Waals surface area contributed by atoms with Crippen molar-refractivity contribution < 1.29 is 28.7 Å². The van der Waals surface area contributed by atoms with Crippen LogP contribution in [-0.2, 0) is 28.7 Å². The summed E-state index contributed by atoms with van der Waals surface area (Å²) in [4.78, 5) is 46.0. The van der Waals surface area contributed by atoms with Gasteiger partial charge in [-0.05, 0) is 23.3 Å². The van der Waals surface area contributed by atoms with E-state index in [0.29, 0.717) is 12.2 Å². The molecule has 2 aromatic rings. The summed E-state index contributed by atoms with van der Waals surface area (Å²) in [6.45, 7) is 0. The van der Waals surface area contributed by atoms with Gasteiger partial charge in [-0.2, -0.15) is 0 Å². The minimum atomic E-state index is -1.06. The van der Waals surface area contributed by atoms with Crippen LogP contribution in [0.2, 0.25) is 0 Å². The van der Waals surface area contributed by atoms with Gasteiger partial charge in [0.25, 0.3) is 0 Å². The summed E-state index contributed by atoms with van der Waals surface area (Å²) in [5.74, 6) is -3.92. The molecule has 28 heavy (non-hydrogen) atoms. The van der Waals surface area contributed by atoms with E-state index < -0.39 is 23.9 Å². The van der Waals surface area contributed by atoms with E-state index in [9.17, 15) is 19.2 Å². The maximum Gasteiger partial charge on any atom is 0.338 e. The van der Waals surface area contributed by atoms with E-state index >= 15 is 0 Å². The van der Waals surface area contributed by atoms with E-state index in [2.05, 4.69) is 9.47 Å². The number of carbonyl (C=O) groups excluding carboxylic acids is 4. The van der Waals surface area contributed by atoms with Crippen LogP contribution in [0.3, 0.4) is 0 Å². The van der Waals surface area contributed by atoms with Gasteiger partial charge in [-0.1, -0.05) is 60.7 Å². The second-order valence-corrected chi connectivity index (χ2v) is 5.30. The predicted octanol–water partition coefficient (Wildman–Crippen LogP) is 3.11. The number of rotatable bonds is 6. The van der Waals surface area contributed by atoms with Gasteiger partial charge in [0, 0.05) is 24.3 Å². The first kappa shape index (κ1) is 20.3. The number of hydrogen-bond acceptors (Lipinski definition) is 6. The Bertz CT molecular complexity index is 847. The lowest BCUT2D eigenvalue weighted by Crippen LogP contribution is -2.10. The average molecular weight is 376 g/mol. The molecule has 0 N–H and O–H groups in total. The molecular weight excluding hydrogens is 360 g/mol. The number of hydrogen-bond donors (Lipinski definition) is 0. The topological polar surface area (TPSA) is 86.7 Å². The van der Waals surface area contributed by atoms with Gasteiger partial charge in [0.2, 0.25) is 0 Å². The van der Waals surface area contributed by atoms with Crippen molar-refractivity contribution in [2.45, 2.75) is 0 Å². The van der Waals surface area contributed by atoms with Crippen molar-refractivity contribution in [3.63, 3.8) is 0 Å². The molecule has 0 heterocycles. The molecule has 0 aliphatic rings. The van der Waals surface area contributed by atoms with E-state index in [4.69, 9.17) is 0 Å². The Kier molecular flexibility index (Phi) is 7.83. The van der Waals surface area contributed by atoms with Crippen molar-refractivity contribution in [1.82, 2.24) is 0 Å². The molecule has 2 rings (SSSR count). The molecular formula is C22H16O6. The summed E-state index contributed by atoms with van der Waals surface area (Å²) in [7, 11) is 0. The van der Waals surface area contributed by atoms with Gasteiger partial charge in [-0.15, -0.1) is 0 Å². The zero-order chi connectivity index (χ0) is 20.2. The fourth-order valence-corrected chi connectivity index (χ4v) is 1.93. The molecule has 0 spiro atoms. The highest BCUT2D eigenvalue weighted by Crippen LogP contribution is 2.02. The third kappa shape index (κ3) is 7.88. The quantitative estimate of drug-likeness (QED) is 0.437. The first-order valence-electron chi connectivity index (χ1n) is 8.19. The molecule has 0 saturated carbocycles. The molecule has 0 saturated heterocycles. The lowest BCUT2D eigenvalue weighted by atomic mass is 10.2. The molecule has 0 unspecified atom stereocenters. The number of ether oxygens (including phenoxy) is 2. The van der Waals surface area contributed by atoms with E-state index in [-0.39, 0.29) is 0 Å². The second kappa shape index (κ2) is 10.8. The summed E-state index contributed by atoms with van der Waals surface area (Å²) in [6.07, 6.45) is 6.51. The van der Waals surface area contributed by atoms with Crippen molar-refractivity contribution in [2.75, 3.05) is 0 Å². The molecule has 0 aromatic heterocycles. The van der Waals surface area contributed by atoms with E-state index in [1.54, 1.807) is 48.5 Å². The largest absolute Gasteiger partial charge is 0.387 e. The molecule has 140 valence electrons. The van der Waals surface area contributed by atoms with Crippen LogP contribution in [0.1, 0.15) is 11.1 Å². The molecule has 0 aliphatic carbocycles. The maximum absolute atomic E-state index is 11.5. The van der Waals surface area contributed by atoms with Crippen LogP contribution in [0.25, 0.3) is 12.2 Å². The Balaban J connectivity index is 1.77. The minimum Gasteiger partial charge on any atom is -0.387 e. The highest BCUT2D eigenvalue weighted by Gasteiger charge is 2.07. The molecule has 0 bridgehead atoms. The van der Waals surface area contributed by atoms with Gasteiger partial charge < -0.3 is 9.47 Å². The zero-order valence-corrected chi connectivity index (χ0v) is 14.7. The van der Waals surface area contributed by atoms with Crippen molar-refractivity contribution in [3.05, 3.63) is 96.1 Å². The molecule has 0 radical (unpaired) electrons. The minimum absolute atomic E-state index is 0.699. The Morgan fingerprint density at radius 1 is 0.500 bits per heavy atom. The summed E-state index contributed by atoms with van der Waals surface area (Å²) in [5, 5.41) is 0. The molecule has 6 heteroatoms. The third-order valence-electron chi connectivity index (χ3n) is 3.18. The van der Waals surface area contributed by atoms with Gasteiger partial charge in [0.15, 0.2) is 0 Å². The Labute approximate surface area is 161 Å². The van der Waals surface area contributed by atoms with E-state index in [1.165, 1.54) is 12.2 Å². The Morgan fingerprint density at radius 3 is 1.18 bits per heavy atom. The lowest BCUT2D eigenvalue weighted by molar-refractivity contribution is -0.155. The monoisotopic (exact) mass is 376 g/mol. The van der Waals surface area contributed by atoms with Crippen LogP contribution in [-0.4, -0.2) is 23.9 Å². The third-order valence-corrected chi connectivity index (χ3v) is 3.18. The van der Waals surface area contributed by atoms with Crippen LogP contribution in [0.5, 0.6) is 0 Å². The van der Waals surface area contributed by atoms with Crippen LogP contribution in [0.4, 0.5) is 0 Å². The van der Waals surface area contributed by atoms with Gasteiger partial charge in [0.05, 0.1) is 0 Å². The maximum atomic E-state index is 11.5. The summed E-state index contributed by atoms with van der Waals surface area (Å²) in [5.41, 5.74) is 1.51. The van der Waals surface area contributed by atoms with Crippen molar-refractivity contribution in [3.8, 4) is 0 Å². The van der Waals surface area contributed by atoms with E-state index in [0.717, 1.165) is 23.3 Å². The number of benzene rings is 2. The van der Waals surface area contributed by atoms with Gasteiger partial charge in [-0.25, -0.2) is 19.2 Å². The number of esters is 4. The summed E-state index contributed by atoms with van der Waals surface area (Å²) in [6, 6.07) is 17.9. The van der Waals surface area contributed by atoms with Gasteiger partial charge in [0.1, 0.15) is 0 Å². The summed E-state index contributed by atoms with van der Waals surface area (Å²) >= 11 is 0. The van der Waals surface area contributed by atoms with Crippen molar-refractivity contribution in [2.24, 2.45) is 0 Å². The fourth-order valence-electron chi connectivity index (χ4n) is 1.93. The van der Waals surface area contributed by atoms with Crippen molar-refractivity contribution in [1.29, 1.82) is 0 Å². The standard InChI is InChI=1S/C22H16O6/c23-19(13-11-17-7-3-1-4-8-17)27-21(25)15-16-22(26)28-20(24)14-12-18-9-5-2-6-10-18/h1-16H. The fraction of sp³-hybridized carbons (Fsp3) is 0. The molecule has 2 aromatic carbocycles. The lowest BCUT2D eigenvalue weighted by Gasteiger charge is -1.96. The zero-order valence-electron chi connectivity index (χ0n) is 14.7. The normalized spacial score (nSPS) is 11.0. The number of carbonyl (C=O) groups is 4. The molecule has 0 aliphatic heterocycles. The SMILES string of the molecule is O=C(C=CC(=O)OC(=O)C=Cc1ccccc1)OC(=O)C=Cc1ccccc1. The van der Waals surface area contributed by atoms with Crippen LogP contribution in [0.15, 0.2) is 85.0 Å². The molecule has 6 nitrogen and oxygen atoms in total. The van der Waals surface area contributed by atoms with Crippen LogP contribution >= 0.6 is 0 Å². The predicted molar refractivity (Wildman–Crippen MR) is 102 cm³/mol. The molecule has 0 atom stereocenters. The summed E-state index contributed by atoms with van der Waals surface area (Å²) < 4.78 is 8.95. The van der Waals surface area contributed by atoms with Gasteiger partial charge in [-0.3, -0.25) is 0 Å². The van der Waals surface area contributed by atoms with Gasteiger partial charge >= 0.3 is 23.9 Å². The van der Waals surface area contributed by atoms with Crippen molar-refractivity contribution >= 4 is 36.0 Å². The molecule has 0 amide bonds. The second-order valence-electron chi connectivity index (χ2n) is 5.30. The van der Waals surface area contributed by atoms with Crippen LogP contribution < -0.4 is 0 Å². The highest BCUT2D eigenvalue weighted by atomic mass is 16.6.